The zero-order valence-electron chi connectivity index (χ0n) is 12.2. The summed E-state index contributed by atoms with van der Waals surface area (Å²) in [6.07, 6.45) is 1.77. The third-order valence-electron chi connectivity index (χ3n) is 3.24. The molecule has 0 unspecified atom stereocenters. The van der Waals surface area contributed by atoms with Crippen LogP contribution < -0.4 is 4.74 Å². The summed E-state index contributed by atoms with van der Waals surface area (Å²) in [6, 6.07) is 17.0. The molecule has 2 aromatic carbocycles. The summed E-state index contributed by atoms with van der Waals surface area (Å²) >= 11 is 0. The molecule has 110 valence electrons. The highest BCUT2D eigenvalue weighted by molar-refractivity contribution is 6.31. The van der Waals surface area contributed by atoms with Crippen molar-refractivity contribution in [1.82, 2.24) is 0 Å². The summed E-state index contributed by atoms with van der Waals surface area (Å²) in [4.78, 5) is 16.7. The topological polar surface area (TPSA) is 47.9 Å². The Kier molecular flexibility index (Phi) is 4.01. The summed E-state index contributed by atoms with van der Waals surface area (Å²) in [5.41, 5.74) is 2.75. The van der Waals surface area contributed by atoms with E-state index in [4.69, 9.17) is 9.57 Å². The standard InChI is InChI=1S/C18H15NO3/c1-2-21-15-10-8-13(9-11-15)12-16-17(19-22-18(16)20)14-6-4-3-5-7-14/h3-12H,2H2,1H3/b16-12-. The molecule has 0 N–H and O–H groups in total. The van der Waals surface area contributed by atoms with Gasteiger partial charge >= 0.3 is 5.97 Å². The van der Waals surface area contributed by atoms with Gasteiger partial charge in [0.25, 0.3) is 0 Å². The number of carbonyl (C=O) groups excluding carboxylic acids is 1. The quantitative estimate of drug-likeness (QED) is 0.641. The lowest BCUT2D eigenvalue weighted by molar-refractivity contribution is -0.136. The van der Waals surface area contributed by atoms with Gasteiger partial charge in [-0.2, -0.15) is 0 Å². The van der Waals surface area contributed by atoms with E-state index in [-0.39, 0.29) is 0 Å². The Balaban J connectivity index is 1.91. The third kappa shape index (κ3) is 2.91. The molecule has 0 aromatic heterocycles. The molecule has 0 atom stereocenters. The van der Waals surface area contributed by atoms with Gasteiger partial charge in [0.15, 0.2) is 0 Å². The molecule has 0 aliphatic carbocycles. The molecule has 4 nitrogen and oxygen atoms in total. The number of nitrogens with zero attached hydrogens (tertiary/aromatic N) is 1. The molecule has 3 rings (SSSR count). The van der Waals surface area contributed by atoms with E-state index in [1.165, 1.54) is 0 Å². The normalized spacial score (nSPS) is 15.6. The summed E-state index contributed by atoms with van der Waals surface area (Å²) in [7, 11) is 0. The van der Waals surface area contributed by atoms with Crippen LogP contribution >= 0.6 is 0 Å². The van der Waals surface area contributed by atoms with Crippen molar-refractivity contribution >= 4 is 17.8 Å². The second-order valence-electron chi connectivity index (χ2n) is 4.74. The van der Waals surface area contributed by atoms with Crippen LogP contribution in [-0.4, -0.2) is 18.3 Å². The fourth-order valence-corrected chi connectivity index (χ4v) is 2.21. The van der Waals surface area contributed by atoms with Gasteiger partial charge in [0.05, 0.1) is 12.2 Å². The molecule has 0 radical (unpaired) electrons. The van der Waals surface area contributed by atoms with Crippen LogP contribution in [0.15, 0.2) is 65.3 Å². The molecule has 0 saturated carbocycles. The molecule has 2 aromatic rings. The zero-order valence-corrected chi connectivity index (χ0v) is 12.2. The number of oxime groups is 1. The van der Waals surface area contributed by atoms with Gasteiger partial charge in [-0.05, 0) is 30.7 Å². The van der Waals surface area contributed by atoms with Crippen LogP contribution in [0, 0.1) is 0 Å². The number of rotatable bonds is 4. The SMILES string of the molecule is CCOc1ccc(/C=C2\C(=O)ON=C2c2ccccc2)cc1. The predicted octanol–water partition coefficient (Wildman–Crippen LogP) is 3.43. The Morgan fingerprint density at radius 1 is 1.09 bits per heavy atom. The molecular formula is C18H15NO3. The van der Waals surface area contributed by atoms with Crippen molar-refractivity contribution < 1.29 is 14.4 Å². The van der Waals surface area contributed by atoms with Gasteiger partial charge in [-0.1, -0.05) is 47.6 Å². The maximum atomic E-state index is 11.9. The van der Waals surface area contributed by atoms with Crippen LogP contribution in [0.1, 0.15) is 18.1 Å². The molecule has 0 spiro atoms. The summed E-state index contributed by atoms with van der Waals surface area (Å²) in [6.45, 7) is 2.56. The van der Waals surface area contributed by atoms with E-state index in [0.29, 0.717) is 17.9 Å². The molecule has 1 aliphatic heterocycles. The highest BCUT2D eigenvalue weighted by Crippen LogP contribution is 2.21. The fraction of sp³-hybridized carbons (Fsp3) is 0.111. The lowest BCUT2D eigenvalue weighted by atomic mass is 10.0. The van der Waals surface area contributed by atoms with Gasteiger partial charge in [0.2, 0.25) is 0 Å². The lowest BCUT2D eigenvalue weighted by Gasteiger charge is -2.03. The number of carbonyl (C=O) groups is 1. The van der Waals surface area contributed by atoms with E-state index < -0.39 is 5.97 Å². The van der Waals surface area contributed by atoms with Crippen molar-refractivity contribution in [2.24, 2.45) is 5.16 Å². The summed E-state index contributed by atoms with van der Waals surface area (Å²) in [5.74, 6) is 0.364. The van der Waals surface area contributed by atoms with Crippen LogP contribution in [0.25, 0.3) is 6.08 Å². The maximum absolute atomic E-state index is 11.9. The molecule has 22 heavy (non-hydrogen) atoms. The fourth-order valence-electron chi connectivity index (χ4n) is 2.21. The molecule has 1 heterocycles. The Hall–Kier alpha value is -2.88. The van der Waals surface area contributed by atoms with Crippen molar-refractivity contribution in [3.63, 3.8) is 0 Å². The summed E-state index contributed by atoms with van der Waals surface area (Å²) < 4.78 is 5.41. The Morgan fingerprint density at radius 2 is 1.82 bits per heavy atom. The van der Waals surface area contributed by atoms with Crippen molar-refractivity contribution in [2.45, 2.75) is 6.92 Å². The van der Waals surface area contributed by atoms with E-state index >= 15 is 0 Å². The first kappa shape index (κ1) is 14.1. The second-order valence-corrected chi connectivity index (χ2v) is 4.74. The number of ether oxygens (including phenoxy) is 1. The average molecular weight is 293 g/mol. The minimum Gasteiger partial charge on any atom is -0.494 e. The number of hydrogen-bond donors (Lipinski definition) is 0. The van der Waals surface area contributed by atoms with Gasteiger partial charge in [0.1, 0.15) is 11.5 Å². The van der Waals surface area contributed by atoms with E-state index in [9.17, 15) is 4.79 Å². The number of benzene rings is 2. The Bertz CT molecular complexity index is 731. The van der Waals surface area contributed by atoms with Gasteiger partial charge < -0.3 is 9.57 Å². The third-order valence-corrected chi connectivity index (χ3v) is 3.24. The van der Waals surface area contributed by atoms with Gasteiger partial charge in [-0.25, -0.2) is 4.79 Å². The molecule has 0 amide bonds. The second kappa shape index (κ2) is 6.26. The molecule has 4 heteroatoms. The van der Waals surface area contributed by atoms with Crippen LogP contribution in [0.4, 0.5) is 0 Å². The van der Waals surface area contributed by atoms with Crippen molar-refractivity contribution in [2.75, 3.05) is 6.61 Å². The summed E-state index contributed by atoms with van der Waals surface area (Å²) in [5, 5.41) is 3.89. The van der Waals surface area contributed by atoms with Crippen LogP contribution in [-0.2, 0) is 9.63 Å². The van der Waals surface area contributed by atoms with Gasteiger partial charge in [0, 0.05) is 5.56 Å². The van der Waals surface area contributed by atoms with E-state index in [1.54, 1.807) is 6.08 Å². The first-order chi connectivity index (χ1) is 10.8. The molecule has 0 saturated heterocycles. The monoisotopic (exact) mass is 293 g/mol. The average Bonchev–Trinajstić information content (AvgIpc) is 2.91. The smallest absolute Gasteiger partial charge is 0.368 e. The first-order valence-electron chi connectivity index (χ1n) is 7.07. The van der Waals surface area contributed by atoms with Crippen LogP contribution in [0.5, 0.6) is 5.75 Å². The van der Waals surface area contributed by atoms with E-state index in [0.717, 1.165) is 16.9 Å². The van der Waals surface area contributed by atoms with Gasteiger partial charge in [-0.15, -0.1) is 0 Å². The van der Waals surface area contributed by atoms with E-state index in [2.05, 4.69) is 5.16 Å². The molecular weight excluding hydrogens is 278 g/mol. The highest BCUT2D eigenvalue weighted by Gasteiger charge is 2.26. The van der Waals surface area contributed by atoms with Gasteiger partial charge in [-0.3, -0.25) is 0 Å². The maximum Gasteiger partial charge on any atom is 0.368 e. The van der Waals surface area contributed by atoms with Crippen molar-refractivity contribution in [3.8, 4) is 5.75 Å². The van der Waals surface area contributed by atoms with Crippen molar-refractivity contribution in [1.29, 1.82) is 0 Å². The predicted molar refractivity (Wildman–Crippen MR) is 84.7 cm³/mol. The molecule has 0 fully saturated rings. The Morgan fingerprint density at radius 3 is 2.50 bits per heavy atom. The minimum absolute atomic E-state index is 0.437. The highest BCUT2D eigenvalue weighted by atomic mass is 16.7. The van der Waals surface area contributed by atoms with Crippen LogP contribution in [0.3, 0.4) is 0 Å². The first-order valence-corrected chi connectivity index (χ1v) is 7.07. The van der Waals surface area contributed by atoms with Crippen molar-refractivity contribution in [3.05, 3.63) is 71.3 Å². The molecule has 0 bridgehead atoms. The van der Waals surface area contributed by atoms with Crippen LogP contribution in [0.2, 0.25) is 0 Å². The number of hydrogen-bond acceptors (Lipinski definition) is 4. The van der Waals surface area contributed by atoms with E-state index in [1.807, 2.05) is 61.5 Å². The lowest BCUT2D eigenvalue weighted by Crippen LogP contribution is -2.06. The molecule has 1 aliphatic rings. The Labute approximate surface area is 128 Å². The minimum atomic E-state index is -0.437. The zero-order chi connectivity index (χ0) is 15.4. The largest absolute Gasteiger partial charge is 0.494 e.